The molecule has 1 saturated heterocycles. The maximum Gasteiger partial charge on any atom is 0.193 e. The van der Waals surface area contributed by atoms with Crippen molar-refractivity contribution in [3.05, 3.63) is 52.9 Å². The molecule has 1 aromatic heterocycles. The first-order valence-electron chi connectivity index (χ1n) is 8.56. The standard InChI is InChI=1S/C19H26N4S.HI/c1-16-5-7-17(8-6-16)9-10-21-19(20-2)23-13-11-22(12-14-23)18-4-3-15-24-18;/h3-8,15H,9-14H2,1-2H3,(H,20,21);1H. The van der Waals surface area contributed by atoms with Crippen molar-refractivity contribution in [2.75, 3.05) is 44.7 Å². The number of thiophene rings is 1. The van der Waals surface area contributed by atoms with Crippen molar-refractivity contribution in [1.29, 1.82) is 0 Å². The first kappa shape index (κ1) is 20.0. The van der Waals surface area contributed by atoms with Gasteiger partial charge < -0.3 is 15.1 Å². The molecule has 0 radical (unpaired) electrons. The maximum atomic E-state index is 4.46. The number of piperazine rings is 1. The van der Waals surface area contributed by atoms with Crippen LogP contribution in [0.1, 0.15) is 11.1 Å². The third kappa shape index (κ3) is 5.60. The number of halogens is 1. The van der Waals surface area contributed by atoms with Gasteiger partial charge in [0.15, 0.2) is 5.96 Å². The van der Waals surface area contributed by atoms with E-state index in [0.29, 0.717) is 0 Å². The lowest BCUT2D eigenvalue weighted by Gasteiger charge is -2.37. The lowest BCUT2D eigenvalue weighted by molar-refractivity contribution is 0.374. The summed E-state index contributed by atoms with van der Waals surface area (Å²) < 4.78 is 0. The normalized spacial score (nSPS) is 15.0. The second-order valence-electron chi connectivity index (χ2n) is 6.13. The zero-order valence-corrected chi connectivity index (χ0v) is 18.1. The largest absolute Gasteiger partial charge is 0.360 e. The lowest BCUT2D eigenvalue weighted by Crippen LogP contribution is -2.52. The van der Waals surface area contributed by atoms with E-state index in [4.69, 9.17) is 0 Å². The quantitative estimate of drug-likeness (QED) is 0.421. The van der Waals surface area contributed by atoms with Crippen LogP contribution in [0.4, 0.5) is 5.00 Å². The Labute approximate surface area is 172 Å². The Morgan fingerprint density at radius 2 is 1.84 bits per heavy atom. The summed E-state index contributed by atoms with van der Waals surface area (Å²) >= 11 is 1.82. The third-order valence-corrected chi connectivity index (χ3v) is 5.36. The molecule has 0 unspecified atom stereocenters. The summed E-state index contributed by atoms with van der Waals surface area (Å²) in [5.74, 6) is 1.02. The van der Waals surface area contributed by atoms with Crippen LogP contribution >= 0.6 is 35.3 Å². The van der Waals surface area contributed by atoms with Gasteiger partial charge in [-0.3, -0.25) is 4.99 Å². The van der Waals surface area contributed by atoms with Gasteiger partial charge in [-0.2, -0.15) is 0 Å². The Kier molecular flexibility index (Phi) is 8.02. The van der Waals surface area contributed by atoms with Crippen molar-refractivity contribution in [2.45, 2.75) is 13.3 Å². The van der Waals surface area contributed by atoms with E-state index in [1.165, 1.54) is 16.1 Å². The van der Waals surface area contributed by atoms with E-state index >= 15 is 0 Å². The highest BCUT2D eigenvalue weighted by Crippen LogP contribution is 2.22. The van der Waals surface area contributed by atoms with E-state index in [1.807, 2.05) is 18.4 Å². The van der Waals surface area contributed by atoms with Gasteiger partial charge in [0.05, 0.1) is 5.00 Å². The summed E-state index contributed by atoms with van der Waals surface area (Å²) in [4.78, 5) is 9.28. The van der Waals surface area contributed by atoms with Gasteiger partial charge in [0.2, 0.25) is 0 Å². The van der Waals surface area contributed by atoms with E-state index in [1.54, 1.807) is 0 Å². The highest BCUT2D eigenvalue weighted by Gasteiger charge is 2.19. The molecule has 0 amide bonds. The number of hydrogen-bond acceptors (Lipinski definition) is 3. The third-order valence-electron chi connectivity index (χ3n) is 4.43. The first-order chi connectivity index (χ1) is 11.8. The van der Waals surface area contributed by atoms with Gasteiger partial charge in [-0.25, -0.2) is 0 Å². The minimum atomic E-state index is 0. The van der Waals surface area contributed by atoms with Crippen molar-refractivity contribution in [3.8, 4) is 0 Å². The topological polar surface area (TPSA) is 30.9 Å². The van der Waals surface area contributed by atoms with E-state index in [-0.39, 0.29) is 24.0 Å². The number of nitrogens with zero attached hydrogens (tertiary/aromatic N) is 3. The van der Waals surface area contributed by atoms with Gasteiger partial charge in [0, 0.05) is 39.8 Å². The van der Waals surface area contributed by atoms with Crippen LogP contribution in [-0.4, -0.2) is 50.6 Å². The Bertz CT molecular complexity index is 647. The van der Waals surface area contributed by atoms with Crippen LogP contribution in [0.25, 0.3) is 0 Å². The van der Waals surface area contributed by atoms with Crippen molar-refractivity contribution in [2.24, 2.45) is 4.99 Å². The molecule has 0 spiro atoms. The fourth-order valence-electron chi connectivity index (χ4n) is 2.99. The van der Waals surface area contributed by atoms with Crippen LogP contribution in [0.5, 0.6) is 0 Å². The molecule has 1 aromatic carbocycles. The summed E-state index contributed by atoms with van der Waals surface area (Å²) in [6, 6.07) is 13.1. The van der Waals surface area contributed by atoms with Crippen LogP contribution < -0.4 is 10.2 Å². The van der Waals surface area contributed by atoms with Crippen molar-refractivity contribution in [3.63, 3.8) is 0 Å². The average molecular weight is 470 g/mol. The molecule has 1 aliphatic rings. The van der Waals surface area contributed by atoms with Crippen LogP contribution in [0.15, 0.2) is 46.8 Å². The molecule has 0 bridgehead atoms. The number of rotatable bonds is 4. The SMILES string of the molecule is CN=C(NCCc1ccc(C)cc1)N1CCN(c2cccs2)CC1.I. The van der Waals surface area contributed by atoms with Gasteiger partial charge in [-0.15, -0.1) is 35.3 Å². The molecule has 4 nitrogen and oxygen atoms in total. The van der Waals surface area contributed by atoms with Crippen LogP contribution in [0, 0.1) is 6.92 Å². The number of aliphatic imine (C=N–C) groups is 1. The smallest absolute Gasteiger partial charge is 0.193 e. The lowest BCUT2D eigenvalue weighted by atomic mass is 10.1. The number of guanidine groups is 1. The molecule has 1 fully saturated rings. The molecular weight excluding hydrogens is 443 g/mol. The molecule has 1 aliphatic heterocycles. The fourth-order valence-corrected chi connectivity index (χ4v) is 3.78. The van der Waals surface area contributed by atoms with Gasteiger partial charge in [0.25, 0.3) is 0 Å². The van der Waals surface area contributed by atoms with Crippen molar-refractivity contribution < 1.29 is 0 Å². The molecule has 2 aromatic rings. The minimum Gasteiger partial charge on any atom is -0.360 e. The molecule has 3 rings (SSSR count). The molecule has 1 N–H and O–H groups in total. The van der Waals surface area contributed by atoms with Gasteiger partial charge >= 0.3 is 0 Å². The van der Waals surface area contributed by atoms with Gasteiger partial charge in [0.1, 0.15) is 0 Å². The Morgan fingerprint density at radius 3 is 2.44 bits per heavy atom. The minimum absolute atomic E-state index is 0. The molecule has 2 heterocycles. The van der Waals surface area contributed by atoms with E-state index in [9.17, 15) is 0 Å². The van der Waals surface area contributed by atoms with Crippen LogP contribution in [0.2, 0.25) is 0 Å². The molecule has 0 aliphatic carbocycles. The zero-order valence-electron chi connectivity index (χ0n) is 14.9. The highest BCUT2D eigenvalue weighted by atomic mass is 127. The zero-order chi connectivity index (χ0) is 16.8. The summed E-state index contributed by atoms with van der Waals surface area (Å²) in [5, 5.41) is 7.03. The molecule has 0 saturated carbocycles. The van der Waals surface area contributed by atoms with E-state index in [2.05, 4.69) is 68.8 Å². The van der Waals surface area contributed by atoms with Gasteiger partial charge in [-0.05, 0) is 36.4 Å². The predicted octanol–water partition coefficient (Wildman–Crippen LogP) is 3.61. The number of anilines is 1. The van der Waals surface area contributed by atoms with E-state index in [0.717, 1.165) is 45.1 Å². The molecular formula is C19H27IN4S. The summed E-state index contributed by atoms with van der Waals surface area (Å²) in [6.45, 7) is 7.18. The second-order valence-corrected chi connectivity index (χ2v) is 7.06. The second kappa shape index (κ2) is 10.0. The number of hydrogen-bond donors (Lipinski definition) is 1. The molecule has 136 valence electrons. The fraction of sp³-hybridized carbons (Fsp3) is 0.421. The van der Waals surface area contributed by atoms with Crippen molar-refractivity contribution >= 4 is 46.3 Å². The predicted molar refractivity (Wildman–Crippen MR) is 120 cm³/mol. The van der Waals surface area contributed by atoms with Crippen LogP contribution in [0.3, 0.4) is 0 Å². The molecule has 0 atom stereocenters. The average Bonchev–Trinajstić information content (AvgIpc) is 3.15. The first-order valence-corrected chi connectivity index (χ1v) is 9.44. The summed E-state index contributed by atoms with van der Waals surface area (Å²) in [7, 11) is 1.87. The molecule has 6 heteroatoms. The van der Waals surface area contributed by atoms with Crippen molar-refractivity contribution in [1.82, 2.24) is 10.2 Å². The van der Waals surface area contributed by atoms with Gasteiger partial charge in [-0.1, -0.05) is 29.8 Å². The summed E-state index contributed by atoms with van der Waals surface area (Å²) in [5.41, 5.74) is 2.68. The van der Waals surface area contributed by atoms with Crippen LogP contribution in [-0.2, 0) is 6.42 Å². The highest BCUT2D eigenvalue weighted by molar-refractivity contribution is 14.0. The Hall–Kier alpha value is -1.28. The van der Waals surface area contributed by atoms with E-state index < -0.39 is 0 Å². The number of nitrogens with one attached hydrogen (secondary N) is 1. The Morgan fingerprint density at radius 1 is 1.12 bits per heavy atom. The summed E-state index contributed by atoms with van der Waals surface area (Å²) in [6.07, 6.45) is 1.02. The Balaban J connectivity index is 0.00000225. The maximum absolute atomic E-state index is 4.46. The monoisotopic (exact) mass is 470 g/mol. The number of benzene rings is 1. The number of aryl methyl sites for hydroxylation is 1. The molecule has 25 heavy (non-hydrogen) atoms.